The fraction of sp³-hybridized carbons (Fsp3) is 0.833. The summed E-state index contributed by atoms with van der Waals surface area (Å²) < 4.78 is 5.51. The largest absolute Gasteiger partial charge is 0.337 e. The third kappa shape index (κ3) is 3.22. The van der Waals surface area contributed by atoms with E-state index in [0.29, 0.717) is 11.8 Å². The van der Waals surface area contributed by atoms with Crippen LogP contribution in [0.25, 0.3) is 0 Å². The zero-order valence-electron chi connectivity index (χ0n) is 11.0. The molecule has 5 heteroatoms. The number of hydrogen-bond acceptors (Lipinski definition) is 5. The Morgan fingerprint density at radius 2 is 2.00 bits per heavy atom. The van der Waals surface area contributed by atoms with Crippen LogP contribution in [-0.2, 0) is 11.3 Å². The third-order valence-electron chi connectivity index (χ3n) is 2.99. The molecular formula is C12H21N3OS. The summed E-state index contributed by atoms with van der Waals surface area (Å²) in [5.41, 5.74) is 5.79. The number of thioether (sulfide) groups is 1. The van der Waals surface area contributed by atoms with E-state index in [1.807, 2.05) is 18.7 Å². The molecule has 0 spiro atoms. The highest BCUT2D eigenvalue weighted by atomic mass is 32.2. The lowest BCUT2D eigenvalue weighted by Crippen LogP contribution is -2.35. The first-order valence-corrected chi connectivity index (χ1v) is 7.03. The van der Waals surface area contributed by atoms with Crippen LogP contribution in [-0.4, -0.2) is 14.9 Å². The molecule has 96 valence electrons. The molecule has 1 heterocycles. The molecule has 0 bridgehead atoms. The Morgan fingerprint density at radius 1 is 1.35 bits per heavy atom. The van der Waals surface area contributed by atoms with Crippen molar-refractivity contribution in [2.75, 3.05) is 0 Å². The average molecular weight is 255 g/mol. The molecule has 1 atom stereocenters. The van der Waals surface area contributed by atoms with Crippen molar-refractivity contribution < 1.29 is 4.52 Å². The maximum atomic E-state index is 6.24. The first-order valence-electron chi connectivity index (χ1n) is 6.05. The summed E-state index contributed by atoms with van der Waals surface area (Å²) in [5.74, 6) is 2.61. The van der Waals surface area contributed by atoms with Gasteiger partial charge in [0.15, 0.2) is 5.82 Å². The Hall–Kier alpha value is -0.550. The van der Waals surface area contributed by atoms with Gasteiger partial charge in [-0.3, -0.25) is 0 Å². The summed E-state index contributed by atoms with van der Waals surface area (Å²) in [6.45, 7) is 8.51. The summed E-state index contributed by atoms with van der Waals surface area (Å²) in [7, 11) is 0. The lowest BCUT2D eigenvalue weighted by Gasteiger charge is -2.18. The molecule has 0 radical (unpaired) electrons. The summed E-state index contributed by atoms with van der Waals surface area (Å²) in [6.07, 6.45) is 2.34. The van der Waals surface area contributed by atoms with Crippen LogP contribution in [0.15, 0.2) is 4.52 Å². The van der Waals surface area contributed by atoms with Gasteiger partial charge >= 0.3 is 0 Å². The SMILES string of the molecule is CC(C)(C)SCc1noc(C(C)(N)C2CC2)n1. The summed E-state index contributed by atoms with van der Waals surface area (Å²) in [4.78, 5) is 4.42. The number of nitrogens with zero attached hydrogens (tertiary/aromatic N) is 2. The van der Waals surface area contributed by atoms with Gasteiger partial charge in [-0.05, 0) is 25.7 Å². The molecule has 1 unspecified atom stereocenters. The van der Waals surface area contributed by atoms with Gasteiger partial charge in [-0.15, -0.1) is 11.8 Å². The fourth-order valence-electron chi connectivity index (χ4n) is 1.67. The highest BCUT2D eigenvalue weighted by Gasteiger charge is 2.43. The highest BCUT2D eigenvalue weighted by Crippen LogP contribution is 2.43. The second kappa shape index (κ2) is 4.28. The molecule has 2 rings (SSSR count). The second-order valence-corrected chi connectivity index (χ2v) is 7.78. The Bertz CT molecular complexity index is 391. The average Bonchev–Trinajstić information content (AvgIpc) is 2.94. The molecule has 1 aliphatic rings. The van der Waals surface area contributed by atoms with Crippen LogP contribution in [0.1, 0.15) is 52.3 Å². The number of aromatic nitrogens is 2. The number of nitrogens with two attached hydrogens (primary N) is 1. The van der Waals surface area contributed by atoms with E-state index in [0.717, 1.165) is 11.6 Å². The normalized spacial score (nSPS) is 20.3. The van der Waals surface area contributed by atoms with Crippen molar-refractivity contribution in [3.63, 3.8) is 0 Å². The smallest absolute Gasteiger partial charge is 0.246 e. The van der Waals surface area contributed by atoms with E-state index in [4.69, 9.17) is 10.3 Å². The van der Waals surface area contributed by atoms with Crippen LogP contribution in [0.5, 0.6) is 0 Å². The molecule has 0 aliphatic heterocycles. The standard InChI is InChI=1S/C12H21N3OS/c1-11(2,3)17-7-9-14-10(16-15-9)12(4,13)8-5-6-8/h8H,5-7,13H2,1-4H3. The number of hydrogen-bond donors (Lipinski definition) is 1. The monoisotopic (exact) mass is 255 g/mol. The van der Waals surface area contributed by atoms with Gasteiger partial charge in [0.2, 0.25) is 5.89 Å². The molecule has 2 N–H and O–H groups in total. The van der Waals surface area contributed by atoms with E-state index in [9.17, 15) is 0 Å². The lowest BCUT2D eigenvalue weighted by atomic mass is 9.97. The van der Waals surface area contributed by atoms with Crippen molar-refractivity contribution in [3.8, 4) is 0 Å². The summed E-state index contributed by atoms with van der Waals surface area (Å²) in [5, 5.41) is 4.01. The van der Waals surface area contributed by atoms with Gasteiger partial charge in [-0.25, -0.2) is 0 Å². The number of rotatable bonds is 4. The molecule has 1 aromatic heterocycles. The minimum Gasteiger partial charge on any atom is -0.337 e. The van der Waals surface area contributed by atoms with Gasteiger partial charge < -0.3 is 10.3 Å². The topological polar surface area (TPSA) is 64.9 Å². The first-order chi connectivity index (χ1) is 7.79. The van der Waals surface area contributed by atoms with Crippen LogP contribution in [0, 0.1) is 5.92 Å². The van der Waals surface area contributed by atoms with E-state index in [1.54, 1.807) is 0 Å². The van der Waals surface area contributed by atoms with E-state index in [2.05, 4.69) is 30.9 Å². The third-order valence-corrected chi connectivity index (χ3v) is 4.26. The Kier molecular flexibility index (Phi) is 3.25. The molecule has 1 aliphatic carbocycles. The molecule has 0 saturated heterocycles. The van der Waals surface area contributed by atoms with Crippen LogP contribution in [0.3, 0.4) is 0 Å². The maximum Gasteiger partial charge on any atom is 0.246 e. The second-order valence-electron chi connectivity index (χ2n) is 5.97. The van der Waals surface area contributed by atoms with Crippen LogP contribution >= 0.6 is 11.8 Å². The van der Waals surface area contributed by atoms with Gasteiger partial charge in [0.05, 0.1) is 11.3 Å². The fourth-order valence-corrected chi connectivity index (χ4v) is 2.35. The van der Waals surface area contributed by atoms with Crippen molar-refractivity contribution in [2.24, 2.45) is 11.7 Å². The molecule has 1 aromatic rings. The van der Waals surface area contributed by atoms with Crippen molar-refractivity contribution >= 4 is 11.8 Å². The summed E-state index contributed by atoms with van der Waals surface area (Å²) >= 11 is 1.81. The quantitative estimate of drug-likeness (QED) is 0.896. The van der Waals surface area contributed by atoms with Crippen molar-refractivity contribution in [2.45, 2.75) is 56.6 Å². The zero-order chi connectivity index (χ0) is 12.7. The van der Waals surface area contributed by atoms with Gasteiger partial charge in [-0.1, -0.05) is 25.9 Å². The Balaban J connectivity index is 2.00. The van der Waals surface area contributed by atoms with Crippen LogP contribution in [0.2, 0.25) is 0 Å². The van der Waals surface area contributed by atoms with Crippen molar-refractivity contribution in [1.82, 2.24) is 10.1 Å². The maximum absolute atomic E-state index is 6.24. The van der Waals surface area contributed by atoms with E-state index < -0.39 is 5.54 Å². The predicted octanol–water partition coefficient (Wildman–Crippen LogP) is 2.69. The van der Waals surface area contributed by atoms with Gasteiger partial charge in [0.1, 0.15) is 0 Å². The Morgan fingerprint density at radius 3 is 2.53 bits per heavy atom. The van der Waals surface area contributed by atoms with Crippen LogP contribution in [0.4, 0.5) is 0 Å². The minimum atomic E-state index is -0.447. The van der Waals surface area contributed by atoms with Gasteiger partial charge in [0, 0.05) is 4.75 Å². The van der Waals surface area contributed by atoms with Crippen molar-refractivity contribution in [3.05, 3.63) is 11.7 Å². The zero-order valence-corrected chi connectivity index (χ0v) is 11.8. The molecule has 0 aromatic carbocycles. The highest BCUT2D eigenvalue weighted by molar-refractivity contribution is 7.99. The minimum absolute atomic E-state index is 0.212. The molecule has 4 nitrogen and oxygen atoms in total. The Labute approximate surface area is 107 Å². The van der Waals surface area contributed by atoms with E-state index >= 15 is 0 Å². The van der Waals surface area contributed by atoms with Gasteiger partial charge in [-0.2, -0.15) is 4.98 Å². The van der Waals surface area contributed by atoms with Crippen LogP contribution < -0.4 is 5.73 Å². The molecule has 0 amide bonds. The van der Waals surface area contributed by atoms with E-state index in [-0.39, 0.29) is 4.75 Å². The van der Waals surface area contributed by atoms with E-state index in [1.165, 1.54) is 12.8 Å². The molecule has 1 saturated carbocycles. The summed E-state index contributed by atoms with van der Waals surface area (Å²) in [6, 6.07) is 0. The lowest BCUT2D eigenvalue weighted by molar-refractivity contribution is 0.272. The molecule has 1 fully saturated rings. The predicted molar refractivity (Wildman–Crippen MR) is 69.6 cm³/mol. The van der Waals surface area contributed by atoms with Crippen molar-refractivity contribution in [1.29, 1.82) is 0 Å². The molecular weight excluding hydrogens is 234 g/mol. The van der Waals surface area contributed by atoms with Gasteiger partial charge in [0.25, 0.3) is 0 Å². The first kappa shape index (κ1) is 12.9. The molecule has 17 heavy (non-hydrogen) atoms.